The molecule has 0 radical (unpaired) electrons. The number of aliphatic hydroxyl groups is 1. The van der Waals surface area contributed by atoms with E-state index >= 15 is 0 Å². The van der Waals surface area contributed by atoms with E-state index < -0.39 is 0 Å². The molecule has 2 aliphatic rings. The summed E-state index contributed by atoms with van der Waals surface area (Å²) in [5.74, 6) is 0.246. The standard InChI is InChI=1S/C26H33NO3/c1-19-15-20(2)17-23(16-19)22-5-3-21(4-6-22)18-26(9-13-30-14-10-26)25(29)27-11-7-24(28)8-12-27/h3-6,15-17,24,28H,7-14,18H2,1-2H3. The van der Waals surface area contributed by atoms with Gasteiger partial charge in [-0.05, 0) is 62.6 Å². The van der Waals surface area contributed by atoms with E-state index in [1.807, 2.05) is 4.90 Å². The highest BCUT2D eigenvalue weighted by molar-refractivity contribution is 5.83. The molecule has 2 heterocycles. The lowest BCUT2D eigenvalue weighted by Gasteiger charge is -2.41. The maximum Gasteiger partial charge on any atom is 0.229 e. The molecule has 2 saturated heterocycles. The van der Waals surface area contributed by atoms with Crippen molar-refractivity contribution in [1.82, 2.24) is 4.90 Å². The van der Waals surface area contributed by atoms with Crippen LogP contribution in [-0.2, 0) is 16.0 Å². The van der Waals surface area contributed by atoms with Gasteiger partial charge in [0.1, 0.15) is 0 Å². The van der Waals surface area contributed by atoms with Crippen LogP contribution in [0.1, 0.15) is 42.4 Å². The lowest BCUT2D eigenvalue weighted by atomic mass is 9.73. The largest absolute Gasteiger partial charge is 0.393 e. The van der Waals surface area contributed by atoms with Gasteiger partial charge in [0.2, 0.25) is 5.91 Å². The molecule has 0 aliphatic carbocycles. The van der Waals surface area contributed by atoms with E-state index in [1.165, 1.54) is 27.8 Å². The second kappa shape index (κ2) is 8.91. The predicted octanol–water partition coefficient (Wildman–Crippen LogP) is 4.29. The van der Waals surface area contributed by atoms with Crippen molar-refractivity contribution in [3.63, 3.8) is 0 Å². The van der Waals surface area contributed by atoms with Crippen molar-refractivity contribution in [3.05, 3.63) is 59.2 Å². The summed E-state index contributed by atoms with van der Waals surface area (Å²) in [5, 5.41) is 9.81. The Morgan fingerprint density at radius 2 is 1.60 bits per heavy atom. The summed E-state index contributed by atoms with van der Waals surface area (Å²) < 4.78 is 5.61. The SMILES string of the molecule is Cc1cc(C)cc(-c2ccc(CC3(C(=O)N4CCC(O)CC4)CCOCC3)cc2)c1. The summed E-state index contributed by atoms with van der Waals surface area (Å²) in [4.78, 5) is 15.5. The first kappa shape index (κ1) is 21.1. The average Bonchev–Trinajstić information content (AvgIpc) is 2.74. The Balaban J connectivity index is 1.54. The van der Waals surface area contributed by atoms with Crippen LogP contribution in [0.2, 0.25) is 0 Å². The van der Waals surface area contributed by atoms with Crippen LogP contribution in [0.25, 0.3) is 11.1 Å². The average molecular weight is 408 g/mol. The number of carbonyl (C=O) groups is 1. The predicted molar refractivity (Wildman–Crippen MR) is 119 cm³/mol. The first-order valence-corrected chi connectivity index (χ1v) is 11.2. The van der Waals surface area contributed by atoms with Gasteiger partial charge in [-0.1, -0.05) is 53.6 Å². The number of benzene rings is 2. The quantitative estimate of drug-likeness (QED) is 0.822. The smallest absolute Gasteiger partial charge is 0.229 e. The van der Waals surface area contributed by atoms with Crippen molar-refractivity contribution < 1.29 is 14.6 Å². The molecule has 2 aliphatic heterocycles. The van der Waals surface area contributed by atoms with Crippen LogP contribution in [0, 0.1) is 19.3 Å². The third kappa shape index (κ3) is 4.60. The third-order valence-electron chi connectivity index (χ3n) is 6.71. The Morgan fingerprint density at radius 3 is 2.20 bits per heavy atom. The summed E-state index contributed by atoms with van der Waals surface area (Å²) in [5.41, 5.74) is 5.81. The second-order valence-corrected chi connectivity index (χ2v) is 9.17. The van der Waals surface area contributed by atoms with Crippen LogP contribution in [0.4, 0.5) is 0 Å². The number of amides is 1. The molecular weight excluding hydrogens is 374 g/mol. The van der Waals surface area contributed by atoms with Crippen LogP contribution < -0.4 is 0 Å². The molecule has 0 aromatic heterocycles. The van der Waals surface area contributed by atoms with Crippen LogP contribution in [-0.4, -0.2) is 48.3 Å². The summed E-state index contributed by atoms with van der Waals surface area (Å²) in [6.45, 7) is 6.87. The van der Waals surface area contributed by atoms with E-state index in [0.717, 1.165) is 19.3 Å². The van der Waals surface area contributed by atoms with Gasteiger partial charge in [-0.15, -0.1) is 0 Å². The zero-order valence-electron chi connectivity index (χ0n) is 18.2. The summed E-state index contributed by atoms with van der Waals surface area (Å²) >= 11 is 0. The molecule has 160 valence electrons. The highest BCUT2D eigenvalue weighted by atomic mass is 16.5. The maximum atomic E-state index is 13.5. The molecule has 4 rings (SSSR count). The topological polar surface area (TPSA) is 49.8 Å². The molecule has 0 unspecified atom stereocenters. The summed E-state index contributed by atoms with van der Waals surface area (Å²) in [7, 11) is 0. The van der Waals surface area contributed by atoms with E-state index in [-0.39, 0.29) is 17.4 Å². The Labute approximate surface area is 179 Å². The van der Waals surface area contributed by atoms with Gasteiger partial charge in [0.15, 0.2) is 0 Å². The number of hydrogen-bond acceptors (Lipinski definition) is 3. The zero-order chi connectivity index (χ0) is 21.1. The van der Waals surface area contributed by atoms with Crippen LogP contribution in [0.3, 0.4) is 0 Å². The number of carbonyl (C=O) groups excluding carboxylic acids is 1. The second-order valence-electron chi connectivity index (χ2n) is 9.17. The molecule has 2 aromatic carbocycles. The Kier molecular flexibility index (Phi) is 6.26. The highest BCUT2D eigenvalue weighted by Crippen LogP contribution is 2.37. The normalized spacial score (nSPS) is 19.6. The van der Waals surface area contributed by atoms with Crippen molar-refractivity contribution in [3.8, 4) is 11.1 Å². The number of likely N-dealkylation sites (tertiary alicyclic amines) is 1. The van der Waals surface area contributed by atoms with E-state index in [2.05, 4.69) is 56.3 Å². The number of nitrogens with zero attached hydrogens (tertiary/aromatic N) is 1. The van der Waals surface area contributed by atoms with Gasteiger partial charge in [0.25, 0.3) is 0 Å². The Morgan fingerprint density at radius 1 is 1.00 bits per heavy atom. The highest BCUT2D eigenvalue weighted by Gasteiger charge is 2.43. The molecule has 4 nitrogen and oxygen atoms in total. The van der Waals surface area contributed by atoms with Crippen molar-refractivity contribution in [2.24, 2.45) is 5.41 Å². The van der Waals surface area contributed by atoms with Crippen molar-refractivity contribution in [1.29, 1.82) is 0 Å². The number of aryl methyl sites for hydroxylation is 2. The minimum Gasteiger partial charge on any atom is -0.393 e. The van der Waals surface area contributed by atoms with Gasteiger partial charge in [-0.25, -0.2) is 0 Å². The number of hydrogen-bond donors (Lipinski definition) is 1. The zero-order valence-corrected chi connectivity index (χ0v) is 18.2. The molecule has 0 spiro atoms. The fourth-order valence-electron chi connectivity index (χ4n) is 4.98. The van der Waals surface area contributed by atoms with Crippen LogP contribution in [0.5, 0.6) is 0 Å². The van der Waals surface area contributed by atoms with Gasteiger partial charge >= 0.3 is 0 Å². The van der Waals surface area contributed by atoms with Gasteiger partial charge in [0.05, 0.1) is 11.5 Å². The minimum atomic E-state index is -0.387. The molecule has 1 N–H and O–H groups in total. The van der Waals surface area contributed by atoms with Gasteiger partial charge in [-0.3, -0.25) is 4.79 Å². The number of rotatable bonds is 4. The lowest BCUT2D eigenvalue weighted by molar-refractivity contribution is -0.150. The number of piperidine rings is 1. The number of ether oxygens (including phenoxy) is 1. The Bertz CT molecular complexity index is 855. The maximum absolute atomic E-state index is 13.5. The molecule has 0 bridgehead atoms. The fraction of sp³-hybridized carbons (Fsp3) is 0.500. The summed E-state index contributed by atoms with van der Waals surface area (Å²) in [6.07, 6.45) is 3.39. The van der Waals surface area contributed by atoms with E-state index in [9.17, 15) is 9.90 Å². The van der Waals surface area contributed by atoms with E-state index in [1.54, 1.807) is 0 Å². The van der Waals surface area contributed by atoms with Gasteiger partial charge in [-0.2, -0.15) is 0 Å². The summed E-state index contributed by atoms with van der Waals surface area (Å²) in [6, 6.07) is 15.3. The molecule has 4 heteroatoms. The van der Waals surface area contributed by atoms with Crippen LogP contribution in [0.15, 0.2) is 42.5 Å². The molecular formula is C26H33NO3. The monoisotopic (exact) mass is 407 g/mol. The van der Waals surface area contributed by atoms with Gasteiger partial charge < -0.3 is 14.7 Å². The molecule has 2 aromatic rings. The van der Waals surface area contributed by atoms with Crippen molar-refractivity contribution in [2.75, 3.05) is 26.3 Å². The van der Waals surface area contributed by atoms with Crippen LogP contribution >= 0.6 is 0 Å². The fourth-order valence-corrected chi connectivity index (χ4v) is 4.98. The Hall–Kier alpha value is -2.17. The molecule has 30 heavy (non-hydrogen) atoms. The lowest BCUT2D eigenvalue weighted by Crippen LogP contribution is -2.51. The third-order valence-corrected chi connectivity index (χ3v) is 6.71. The van der Waals surface area contributed by atoms with Crippen molar-refractivity contribution in [2.45, 2.75) is 52.1 Å². The molecule has 0 atom stereocenters. The molecule has 0 saturated carbocycles. The minimum absolute atomic E-state index is 0.246. The first-order chi connectivity index (χ1) is 14.4. The molecule has 1 amide bonds. The molecule has 2 fully saturated rings. The number of aliphatic hydroxyl groups excluding tert-OH is 1. The van der Waals surface area contributed by atoms with E-state index in [0.29, 0.717) is 39.1 Å². The van der Waals surface area contributed by atoms with E-state index in [4.69, 9.17) is 4.74 Å². The first-order valence-electron chi connectivity index (χ1n) is 11.2. The van der Waals surface area contributed by atoms with Gasteiger partial charge in [0, 0.05) is 26.3 Å². The van der Waals surface area contributed by atoms with Crippen molar-refractivity contribution >= 4 is 5.91 Å².